The first-order valence-corrected chi connectivity index (χ1v) is 7.62. The van der Waals surface area contributed by atoms with E-state index < -0.39 is 0 Å². The third-order valence-corrected chi connectivity index (χ3v) is 3.46. The number of benzene rings is 1. The van der Waals surface area contributed by atoms with E-state index in [9.17, 15) is 0 Å². The third kappa shape index (κ3) is 4.51. The molecule has 22 heavy (non-hydrogen) atoms. The topological polar surface area (TPSA) is 53.5 Å². The Morgan fingerprint density at radius 2 is 2.00 bits per heavy atom. The summed E-state index contributed by atoms with van der Waals surface area (Å²) in [7, 11) is 0. The van der Waals surface area contributed by atoms with E-state index >= 15 is 0 Å². The summed E-state index contributed by atoms with van der Waals surface area (Å²) < 4.78 is 16.9. The van der Waals surface area contributed by atoms with E-state index in [2.05, 4.69) is 9.97 Å². The number of hydrogen-bond acceptors (Lipinski definition) is 5. The lowest BCUT2D eigenvalue weighted by Crippen LogP contribution is -2.22. The SMILES string of the molecule is c1ccc(COc2nccc(COC3CCCCO3)n2)cc1. The van der Waals surface area contributed by atoms with E-state index in [1.165, 1.54) is 0 Å². The van der Waals surface area contributed by atoms with E-state index in [1.807, 2.05) is 36.4 Å². The molecule has 1 atom stereocenters. The molecule has 1 unspecified atom stereocenters. The van der Waals surface area contributed by atoms with Crippen LogP contribution in [0.4, 0.5) is 0 Å². The normalized spacial score (nSPS) is 18.1. The van der Waals surface area contributed by atoms with E-state index in [-0.39, 0.29) is 6.29 Å². The largest absolute Gasteiger partial charge is 0.459 e. The average molecular weight is 300 g/mol. The molecule has 2 aromatic rings. The Morgan fingerprint density at radius 1 is 1.09 bits per heavy atom. The summed E-state index contributed by atoms with van der Waals surface area (Å²) in [5, 5.41) is 0. The van der Waals surface area contributed by atoms with Gasteiger partial charge in [-0.1, -0.05) is 30.3 Å². The zero-order valence-corrected chi connectivity index (χ0v) is 12.5. The number of ether oxygens (including phenoxy) is 3. The van der Waals surface area contributed by atoms with Crippen molar-refractivity contribution in [2.45, 2.75) is 38.8 Å². The minimum Gasteiger partial charge on any atom is -0.459 e. The molecule has 0 bridgehead atoms. The quantitative estimate of drug-likeness (QED) is 0.820. The molecule has 1 aliphatic heterocycles. The van der Waals surface area contributed by atoms with Gasteiger partial charge >= 0.3 is 6.01 Å². The van der Waals surface area contributed by atoms with Crippen LogP contribution in [0.25, 0.3) is 0 Å². The van der Waals surface area contributed by atoms with Gasteiger partial charge in [0.2, 0.25) is 0 Å². The molecule has 116 valence electrons. The van der Waals surface area contributed by atoms with Gasteiger partial charge in [-0.25, -0.2) is 4.98 Å². The van der Waals surface area contributed by atoms with Gasteiger partial charge in [0.25, 0.3) is 0 Å². The Kier molecular flexibility index (Phi) is 5.34. The van der Waals surface area contributed by atoms with E-state index in [0.29, 0.717) is 19.2 Å². The molecule has 5 nitrogen and oxygen atoms in total. The summed E-state index contributed by atoms with van der Waals surface area (Å²) in [6.45, 7) is 1.64. The third-order valence-electron chi connectivity index (χ3n) is 3.46. The number of aromatic nitrogens is 2. The van der Waals surface area contributed by atoms with Crippen LogP contribution < -0.4 is 4.74 Å². The Bertz CT molecular complexity index is 571. The molecule has 0 amide bonds. The monoisotopic (exact) mass is 300 g/mol. The number of rotatable bonds is 6. The van der Waals surface area contributed by atoms with Crippen LogP contribution in [-0.4, -0.2) is 22.9 Å². The second kappa shape index (κ2) is 7.87. The molecule has 3 rings (SSSR count). The van der Waals surface area contributed by atoms with Crippen LogP contribution in [0.3, 0.4) is 0 Å². The maximum Gasteiger partial charge on any atom is 0.316 e. The Morgan fingerprint density at radius 3 is 2.82 bits per heavy atom. The van der Waals surface area contributed by atoms with Crippen molar-refractivity contribution >= 4 is 0 Å². The first-order valence-electron chi connectivity index (χ1n) is 7.62. The van der Waals surface area contributed by atoms with Crippen molar-refractivity contribution in [2.75, 3.05) is 6.61 Å². The zero-order chi connectivity index (χ0) is 15.0. The summed E-state index contributed by atoms with van der Waals surface area (Å²) in [5.41, 5.74) is 1.88. The van der Waals surface area contributed by atoms with Gasteiger partial charge in [0.05, 0.1) is 12.3 Å². The molecule has 0 N–H and O–H groups in total. The first-order chi connectivity index (χ1) is 10.9. The van der Waals surface area contributed by atoms with Gasteiger partial charge in [-0.3, -0.25) is 0 Å². The van der Waals surface area contributed by atoms with Crippen LogP contribution in [0, 0.1) is 0 Å². The van der Waals surface area contributed by atoms with Crippen molar-refractivity contribution in [3.63, 3.8) is 0 Å². The van der Waals surface area contributed by atoms with Crippen LogP contribution >= 0.6 is 0 Å². The molecule has 0 aliphatic carbocycles. The lowest BCUT2D eigenvalue weighted by molar-refractivity contribution is -0.169. The summed E-state index contributed by atoms with van der Waals surface area (Å²) in [4.78, 5) is 8.49. The van der Waals surface area contributed by atoms with Crippen molar-refractivity contribution in [1.82, 2.24) is 9.97 Å². The van der Waals surface area contributed by atoms with Gasteiger partial charge in [-0.15, -0.1) is 0 Å². The molecule has 0 radical (unpaired) electrons. The Hall–Kier alpha value is -1.98. The predicted molar refractivity (Wildman–Crippen MR) is 81.2 cm³/mol. The van der Waals surface area contributed by atoms with Crippen LogP contribution in [0.1, 0.15) is 30.5 Å². The molecule has 1 aliphatic rings. The van der Waals surface area contributed by atoms with Crippen LogP contribution in [0.5, 0.6) is 6.01 Å². The van der Waals surface area contributed by atoms with E-state index in [4.69, 9.17) is 14.2 Å². The molecule has 1 aromatic carbocycles. The Balaban J connectivity index is 1.51. The lowest BCUT2D eigenvalue weighted by atomic mass is 10.2. The zero-order valence-electron chi connectivity index (χ0n) is 12.5. The molecule has 0 saturated carbocycles. The highest BCUT2D eigenvalue weighted by molar-refractivity contribution is 5.14. The second-order valence-electron chi connectivity index (χ2n) is 5.21. The maximum absolute atomic E-state index is 5.72. The van der Waals surface area contributed by atoms with Gasteiger partial charge in [-0.2, -0.15) is 4.98 Å². The molecule has 0 spiro atoms. The van der Waals surface area contributed by atoms with E-state index in [1.54, 1.807) is 6.20 Å². The fraction of sp³-hybridized carbons (Fsp3) is 0.412. The second-order valence-corrected chi connectivity index (χ2v) is 5.21. The summed E-state index contributed by atoms with van der Waals surface area (Å²) >= 11 is 0. The summed E-state index contributed by atoms with van der Waals surface area (Å²) in [6.07, 6.45) is 4.79. The average Bonchev–Trinajstić information content (AvgIpc) is 2.60. The van der Waals surface area contributed by atoms with Crippen LogP contribution in [-0.2, 0) is 22.7 Å². The lowest BCUT2D eigenvalue weighted by Gasteiger charge is -2.22. The highest BCUT2D eigenvalue weighted by atomic mass is 16.7. The summed E-state index contributed by atoms with van der Waals surface area (Å²) in [6, 6.07) is 12.2. The van der Waals surface area contributed by atoms with Gasteiger partial charge in [0.15, 0.2) is 6.29 Å². The molecule has 1 fully saturated rings. The number of nitrogens with zero attached hydrogens (tertiary/aromatic N) is 2. The molecule has 1 saturated heterocycles. The van der Waals surface area contributed by atoms with Crippen molar-refractivity contribution in [1.29, 1.82) is 0 Å². The molecule has 2 heterocycles. The highest BCUT2D eigenvalue weighted by Gasteiger charge is 2.14. The predicted octanol–water partition coefficient (Wildman–Crippen LogP) is 3.10. The van der Waals surface area contributed by atoms with Gasteiger partial charge in [0.1, 0.15) is 6.61 Å². The van der Waals surface area contributed by atoms with Crippen LogP contribution in [0.2, 0.25) is 0 Å². The minimum absolute atomic E-state index is 0.114. The van der Waals surface area contributed by atoms with Gasteiger partial charge in [0, 0.05) is 12.8 Å². The molecular weight excluding hydrogens is 280 g/mol. The van der Waals surface area contributed by atoms with Gasteiger partial charge < -0.3 is 14.2 Å². The van der Waals surface area contributed by atoms with E-state index in [0.717, 1.165) is 37.1 Å². The summed E-state index contributed by atoms with van der Waals surface area (Å²) in [5.74, 6) is 0. The first kappa shape index (κ1) is 14.9. The van der Waals surface area contributed by atoms with Crippen molar-refractivity contribution in [3.8, 4) is 6.01 Å². The van der Waals surface area contributed by atoms with Crippen molar-refractivity contribution < 1.29 is 14.2 Å². The minimum atomic E-state index is -0.114. The smallest absolute Gasteiger partial charge is 0.316 e. The maximum atomic E-state index is 5.72. The number of hydrogen-bond donors (Lipinski definition) is 0. The fourth-order valence-corrected chi connectivity index (χ4v) is 2.27. The fourth-order valence-electron chi connectivity index (χ4n) is 2.27. The molecule has 5 heteroatoms. The highest BCUT2D eigenvalue weighted by Crippen LogP contribution is 2.15. The molecular formula is C17H20N2O3. The Labute approximate surface area is 130 Å². The molecule has 1 aromatic heterocycles. The standard InChI is InChI=1S/C17H20N2O3/c1-2-6-14(7-3-1)12-22-17-18-10-9-15(19-17)13-21-16-8-4-5-11-20-16/h1-3,6-7,9-10,16H,4-5,8,11-13H2. The van der Waals surface area contributed by atoms with Crippen molar-refractivity contribution in [2.24, 2.45) is 0 Å². The van der Waals surface area contributed by atoms with Gasteiger partial charge in [-0.05, 0) is 30.9 Å². The van der Waals surface area contributed by atoms with Crippen LogP contribution in [0.15, 0.2) is 42.6 Å². The van der Waals surface area contributed by atoms with Crippen molar-refractivity contribution in [3.05, 3.63) is 53.9 Å².